The monoisotopic (exact) mass is 596 g/mol. The van der Waals surface area contributed by atoms with Crippen molar-refractivity contribution in [2.45, 2.75) is 64.2 Å². The summed E-state index contributed by atoms with van der Waals surface area (Å²) in [5, 5.41) is 8.86. The van der Waals surface area contributed by atoms with E-state index in [0.717, 1.165) is 57.8 Å². The van der Waals surface area contributed by atoms with Gasteiger partial charge in [-0.25, -0.2) is 13.6 Å². The average molecular weight is 596 g/mol. The van der Waals surface area contributed by atoms with Crippen LogP contribution < -0.4 is 9.47 Å². The van der Waals surface area contributed by atoms with Crippen LogP contribution in [0.4, 0.5) is 17.6 Å². The van der Waals surface area contributed by atoms with Crippen LogP contribution >= 0.6 is 22.6 Å². The average Bonchev–Trinajstić information content (AvgIpc) is 2.83. The normalized spacial score (nSPS) is 11.0. The molecule has 0 saturated carbocycles. The molecule has 2 aromatic carbocycles. The lowest BCUT2D eigenvalue weighted by Crippen LogP contribution is -2.07. The molecular weight excluding hydrogens is 567 g/mol. The Kier molecular flexibility index (Phi) is 12.5. The van der Waals surface area contributed by atoms with E-state index in [1.165, 1.54) is 34.7 Å². The van der Waals surface area contributed by atoms with Gasteiger partial charge in [0.05, 0.1) is 22.3 Å². The van der Waals surface area contributed by atoms with Gasteiger partial charge in [0.1, 0.15) is 5.75 Å². The maximum Gasteiger partial charge on any atom is 0.335 e. The SMILES string of the molecule is O=C(O)c1ccc(OCCCCCCCCCCCCOc2c(F)c(F)c(I)c(F)c2F)cc1. The number of hydrogen-bond acceptors (Lipinski definition) is 3. The number of benzene rings is 2. The van der Waals surface area contributed by atoms with Gasteiger partial charge in [-0.15, -0.1) is 0 Å². The van der Waals surface area contributed by atoms with Gasteiger partial charge in [-0.1, -0.05) is 51.4 Å². The first-order valence-corrected chi connectivity index (χ1v) is 12.5. The Labute approximate surface area is 210 Å². The molecule has 0 spiro atoms. The van der Waals surface area contributed by atoms with E-state index in [-0.39, 0.29) is 12.2 Å². The Bertz CT molecular complexity index is 893. The van der Waals surface area contributed by atoms with Crippen LogP contribution in [-0.4, -0.2) is 24.3 Å². The van der Waals surface area contributed by atoms with Crippen molar-refractivity contribution < 1.29 is 36.9 Å². The Morgan fingerprint density at radius 1 is 0.676 bits per heavy atom. The van der Waals surface area contributed by atoms with E-state index in [0.29, 0.717) is 18.8 Å². The molecule has 2 aromatic rings. The standard InChI is InChI=1S/C25H29F4IO4/c26-19-21(28)24(22(29)20(27)23(19)30)34-16-10-8-6-4-2-1-3-5-7-9-15-33-18-13-11-17(12-14-18)25(31)32/h11-14H,1-10,15-16H2,(H,31,32). The summed E-state index contributed by atoms with van der Waals surface area (Å²) in [5.74, 6) is -7.14. The van der Waals surface area contributed by atoms with Crippen LogP contribution in [0.25, 0.3) is 0 Å². The summed E-state index contributed by atoms with van der Waals surface area (Å²) in [6.07, 6.45) is 9.86. The minimum atomic E-state index is -1.50. The predicted molar refractivity (Wildman–Crippen MR) is 130 cm³/mol. The van der Waals surface area contributed by atoms with E-state index in [2.05, 4.69) is 0 Å². The number of hydrogen-bond donors (Lipinski definition) is 1. The lowest BCUT2D eigenvalue weighted by molar-refractivity contribution is 0.0697. The van der Waals surface area contributed by atoms with Crippen LogP contribution in [0.1, 0.15) is 74.6 Å². The second-order valence-corrected chi connectivity index (χ2v) is 9.04. The lowest BCUT2D eigenvalue weighted by Gasteiger charge is -2.10. The molecule has 1 N–H and O–H groups in total. The molecule has 188 valence electrons. The number of rotatable bonds is 16. The van der Waals surface area contributed by atoms with Crippen molar-refractivity contribution in [2.75, 3.05) is 13.2 Å². The molecule has 0 fully saturated rings. The first-order valence-electron chi connectivity index (χ1n) is 11.4. The summed E-state index contributed by atoms with van der Waals surface area (Å²) in [4.78, 5) is 10.8. The lowest BCUT2D eigenvalue weighted by atomic mass is 10.1. The highest BCUT2D eigenvalue weighted by molar-refractivity contribution is 14.1. The van der Waals surface area contributed by atoms with Gasteiger partial charge in [0.25, 0.3) is 0 Å². The summed E-state index contributed by atoms with van der Waals surface area (Å²) in [6.45, 7) is 0.600. The fraction of sp³-hybridized carbons (Fsp3) is 0.480. The van der Waals surface area contributed by atoms with Crippen molar-refractivity contribution in [3.05, 3.63) is 56.7 Å². The van der Waals surface area contributed by atoms with Gasteiger partial charge in [0, 0.05) is 0 Å². The van der Waals surface area contributed by atoms with E-state index in [9.17, 15) is 22.4 Å². The highest BCUT2D eigenvalue weighted by Gasteiger charge is 2.25. The summed E-state index contributed by atoms with van der Waals surface area (Å²) in [5.41, 5.74) is 0.238. The molecule has 0 radical (unpaired) electrons. The maximum absolute atomic E-state index is 13.7. The predicted octanol–water partition coefficient (Wildman–Crippen LogP) is 7.90. The van der Waals surface area contributed by atoms with Crippen LogP contribution in [0.15, 0.2) is 24.3 Å². The number of carbonyl (C=O) groups is 1. The molecule has 0 bridgehead atoms. The Hall–Kier alpha value is -2.04. The topological polar surface area (TPSA) is 55.8 Å². The molecule has 0 aliphatic rings. The molecular formula is C25H29F4IO4. The maximum atomic E-state index is 13.7. The van der Waals surface area contributed by atoms with Gasteiger partial charge >= 0.3 is 5.97 Å². The second kappa shape index (κ2) is 15.1. The van der Waals surface area contributed by atoms with E-state index in [1.54, 1.807) is 12.1 Å². The van der Waals surface area contributed by atoms with Gasteiger partial charge in [-0.3, -0.25) is 0 Å². The molecule has 34 heavy (non-hydrogen) atoms. The third-order valence-corrected chi connectivity index (χ3v) is 6.27. The zero-order valence-electron chi connectivity index (χ0n) is 18.9. The molecule has 0 aliphatic heterocycles. The number of halogens is 5. The summed E-state index contributed by atoms with van der Waals surface area (Å²) in [7, 11) is 0. The van der Waals surface area contributed by atoms with Crippen molar-refractivity contribution in [1.82, 2.24) is 0 Å². The molecule has 4 nitrogen and oxygen atoms in total. The van der Waals surface area contributed by atoms with Gasteiger partial charge in [-0.2, -0.15) is 8.78 Å². The summed E-state index contributed by atoms with van der Waals surface area (Å²) in [6, 6.07) is 6.37. The first kappa shape index (κ1) is 28.2. The van der Waals surface area contributed by atoms with Crippen molar-refractivity contribution in [2.24, 2.45) is 0 Å². The van der Waals surface area contributed by atoms with Gasteiger partial charge in [0.15, 0.2) is 17.4 Å². The van der Waals surface area contributed by atoms with Crippen LogP contribution in [0, 0.1) is 26.8 Å². The molecule has 2 rings (SSSR count). The number of unbranched alkanes of at least 4 members (excludes halogenated alkanes) is 9. The van der Waals surface area contributed by atoms with Crippen molar-refractivity contribution in [1.29, 1.82) is 0 Å². The molecule has 9 heteroatoms. The van der Waals surface area contributed by atoms with Gasteiger partial charge in [-0.05, 0) is 59.7 Å². The second-order valence-electron chi connectivity index (χ2n) is 7.96. The van der Waals surface area contributed by atoms with E-state index < -0.39 is 38.6 Å². The highest BCUT2D eigenvalue weighted by Crippen LogP contribution is 2.31. The Balaban J connectivity index is 1.43. The fourth-order valence-corrected chi connectivity index (χ4v) is 3.86. The highest BCUT2D eigenvalue weighted by atomic mass is 127. The Morgan fingerprint density at radius 2 is 1.09 bits per heavy atom. The molecule has 0 saturated heterocycles. The minimum Gasteiger partial charge on any atom is -0.494 e. The quantitative estimate of drug-likeness (QED) is 0.0704. The first-order chi connectivity index (χ1) is 16.3. The molecule has 0 heterocycles. The van der Waals surface area contributed by atoms with Gasteiger partial charge < -0.3 is 14.6 Å². The van der Waals surface area contributed by atoms with E-state index in [4.69, 9.17) is 14.6 Å². The Morgan fingerprint density at radius 3 is 1.53 bits per heavy atom. The molecule has 0 atom stereocenters. The molecule has 0 unspecified atom stereocenters. The number of aromatic carboxylic acids is 1. The number of carboxylic acid groups (broad SMARTS) is 1. The van der Waals surface area contributed by atoms with E-state index >= 15 is 0 Å². The zero-order valence-corrected chi connectivity index (χ0v) is 21.0. The van der Waals surface area contributed by atoms with Crippen LogP contribution in [0.3, 0.4) is 0 Å². The minimum absolute atomic E-state index is 0.000906. The van der Waals surface area contributed by atoms with E-state index in [1.807, 2.05) is 0 Å². The number of carboxylic acids is 1. The van der Waals surface area contributed by atoms with Crippen molar-refractivity contribution >= 4 is 28.6 Å². The summed E-state index contributed by atoms with van der Waals surface area (Å²) < 4.78 is 64.3. The third kappa shape index (κ3) is 8.96. The van der Waals surface area contributed by atoms with Crippen LogP contribution in [0.2, 0.25) is 0 Å². The smallest absolute Gasteiger partial charge is 0.335 e. The largest absolute Gasteiger partial charge is 0.494 e. The summed E-state index contributed by atoms with van der Waals surface area (Å²) >= 11 is 1.21. The van der Waals surface area contributed by atoms with Crippen LogP contribution in [0.5, 0.6) is 11.5 Å². The van der Waals surface area contributed by atoms with Gasteiger partial charge in [0.2, 0.25) is 11.6 Å². The van der Waals surface area contributed by atoms with Crippen molar-refractivity contribution in [3.8, 4) is 11.5 Å². The fourth-order valence-electron chi connectivity index (χ4n) is 3.39. The molecule has 0 aliphatic carbocycles. The number of ether oxygens (including phenoxy) is 2. The van der Waals surface area contributed by atoms with Crippen LogP contribution in [-0.2, 0) is 0 Å². The van der Waals surface area contributed by atoms with Crippen molar-refractivity contribution in [3.63, 3.8) is 0 Å². The molecule has 0 aromatic heterocycles. The molecule has 0 amide bonds. The third-order valence-electron chi connectivity index (χ3n) is 5.32. The zero-order chi connectivity index (χ0) is 24.9.